The van der Waals surface area contributed by atoms with Crippen LogP contribution >= 0.6 is 11.8 Å². The van der Waals surface area contributed by atoms with Gasteiger partial charge in [-0.3, -0.25) is 4.79 Å². The van der Waals surface area contributed by atoms with Gasteiger partial charge in [-0.1, -0.05) is 43.0 Å². The quantitative estimate of drug-likeness (QED) is 0.230. The number of thioether (sulfide) groups is 1. The van der Waals surface area contributed by atoms with E-state index >= 15 is 0 Å². The summed E-state index contributed by atoms with van der Waals surface area (Å²) in [5.74, 6) is -0.602. The molecular formula is C29H26N8O3S2. The van der Waals surface area contributed by atoms with Crippen LogP contribution < -0.4 is 15.8 Å². The molecule has 0 saturated heterocycles. The largest absolute Gasteiger partial charge is 0.383 e. The van der Waals surface area contributed by atoms with Gasteiger partial charge in [0.15, 0.2) is 0 Å². The third kappa shape index (κ3) is 6.83. The number of sulfonamides is 1. The Balaban J connectivity index is 1.48. The van der Waals surface area contributed by atoms with Gasteiger partial charge < -0.3 is 11.1 Å². The molecule has 1 amide bonds. The van der Waals surface area contributed by atoms with Crippen molar-refractivity contribution in [3.63, 3.8) is 0 Å². The molecule has 212 valence electrons. The minimum atomic E-state index is -3.95. The minimum absolute atomic E-state index is 0.0307. The topological polar surface area (TPSA) is 188 Å². The molecule has 0 bridgehead atoms. The van der Waals surface area contributed by atoms with Gasteiger partial charge in [-0.15, -0.1) is 0 Å². The van der Waals surface area contributed by atoms with E-state index in [0.717, 1.165) is 23.7 Å². The Morgan fingerprint density at radius 1 is 0.952 bits per heavy atom. The first kappa shape index (κ1) is 30.0. The Labute approximate surface area is 247 Å². The van der Waals surface area contributed by atoms with Crippen LogP contribution in [0.5, 0.6) is 0 Å². The fourth-order valence-corrected chi connectivity index (χ4v) is 5.84. The van der Waals surface area contributed by atoms with Gasteiger partial charge in [-0.2, -0.15) is 10.5 Å². The maximum Gasteiger partial charge on any atom is 0.264 e. The van der Waals surface area contributed by atoms with E-state index in [-0.39, 0.29) is 38.6 Å². The van der Waals surface area contributed by atoms with Crippen molar-refractivity contribution in [2.75, 3.05) is 21.5 Å². The first-order valence-corrected chi connectivity index (χ1v) is 15.1. The molecule has 2 aromatic carbocycles. The molecule has 0 aliphatic rings. The summed E-state index contributed by atoms with van der Waals surface area (Å²) in [6, 6.07) is 19.0. The van der Waals surface area contributed by atoms with E-state index in [1.807, 2.05) is 37.3 Å². The fourth-order valence-electron chi connectivity index (χ4n) is 4.10. The molecule has 0 radical (unpaired) electrons. The Morgan fingerprint density at radius 2 is 1.57 bits per heavy atom. The van der Waals surface area contributed by atoms with Crippen molar-refractivity contribution in [1.82, 2.24) is 15.0 Å². The van der Waals surface area contributed by atoms with Crippen LogP contribution in [0.1, 0.15) is 35.0 Å². The Kier molecular flexibility index (Phi) is 9.06. The summed E-state index contributed by atoms with van der Waals surface area (Å²) in [6.45, 7) is 5.50. The number of nitrogens with two attached hydrogens (primary N) is 1. The van der Waals surface area contributed by atoms with Crippen LogP contribution in [0.15, 0.2) is 64.5 Å². The van der Waals surface area contributed by atoms with Crippen molar-refractivity contribution < 1.29 is 13.2 Å². The van der Waals surface area contributed by atoms with E-state index in [1.165, 1.54) is 24.3 Å². The fraction of sp³-hybridized carbons (Fsp3) is 0.172. The molecule has 42 heavy (non-hydrogen) atoms. The molecule has 4 rings (SSSR count). The highest BCUT2D eigenvalue weighted by Gasteiger charge is 2.21. The maximum absolute atomic E-state index is 12.8. The number of hydrogen-bond donors (Lipinski definition) is 3. The monoisotopic (exact) mass is 598 g/mol. The summed E-state index contributed by atoms with van der Waals surface area (Å²) >= 11 is 1.00. The number of carbonyl (C=O) groups excluding carboxylic acids is 1. The molecule has 0 aliphatic heterocycles. The zero-order valence-corrected chi connectivity index (χ0v) is 24.6. The van der Waals surface area contributed by atoms with Crippen LogP contribution in [-0.4, -0.2) is 35.0 Å². The molecule has 4 N–H and O–H groups in total. The number of hydrogen-bond acceptors (Lipinski definition) is 10. The Bertz CT molecular complexity index is 1820. The average molecular weight is 599 g/mol. The number of anilines is 3. The summed E-state index contributed by atoms with van der Waals surface area (Å²) in [5, 5.41) is 22.6. The van der Waals surface area contributed by atoms with Crippen molar-refractivity contribution in [2.24, 2.45) is 0 Å². The van der Waals surface area contributed by atoms with Crippen molar-refractivity contribution in [3.05, 3.63) is 82.7 Å². The number of nitriles is 2. The number of rotatable bonds is 9. The number of pyridine rings is 1. The highest BCUT2D eigenvalue weighted by molar-refractivity contribution is 8.00. The number of aryl methyl sites for hydroxylation is 3. The lowest BCUT2D eigenvalue weighted by Crippen LogP contribution is -2.17. The lowest BCUT2D eigenvalue weighted by Gasteiger charge is -2.13. The van der Waals surface area contributed by atoms with Crippen LogP contribution in [0.4, 0.5) is 17.5 Å². The van der Waals surface area contributed by atoms with E-state index in [4.69, 9.17) is 5.73 Å². The second-order valence-electron chi connectivity index (χ2n) is 9.14. The summed E-state index contributed by atoms with van der Waals surface area (Å²) in [6.07, 6.45) is 0.836. The van der Waals surface area contributed by atoms with Crippen molar-refractivity contribution in [1.29, 1.82) is 10.5 Å². The Hall–Kier alpha value is -4.98. The standard InChI is InChI=1S/C29H26N8O3S2/c1-4-19-5-7-20(8-6-19)26-23(14-30)27(32)36-28(24(26)15-31)41-16-25(38)35-21-9-11-22(12-10-21)42(39,40)37-29-33-17(2)13-18(3)34-29/h5-13H,4,16H2,1-3H3,(H2,32,36)(H,35,38)(H,33,34,37). The molecule has 0 spiro atoms. The summed E-state index contributed by atoms with van der Waals surface area (Å²) in [4.78, 5) is 25.1. The van der Waals surface area contributed by atoms with Gasteiger partial charge in [0.1, 0.15) is 28.5 Å². The molecule has 4 aromatic rings. The zero-order valence-electron chi connectivity index (χ0n) is 23.0. The van der Waals surface area contributed by atoms with Gasteiger partial charge in [0.05, 0.1) is 16.2 Å². The van der Waals surface area contributed by atoms with E-state index in [2.05, 4.69) is 31.1 Å². The van der Waals surface area contributed by atoms with Crippen LogP contribution in [-0.2, 0) is 21.2 Å². The highest BCUT2D eigenvalue weighted by atomic mass is 32.2. The molecule has 0 saturated carbocycles. The smallest absolute Gasteiger partial charge is 0.264 e. The van der Waals surface area contributed by atoms with Crippen LogP contribution in [0.2, 0.25) is 0 Å². The molecule has 0 aliphatic carbocycles. The molecule has 2 aromatic heterocycles. The first-order chi connectivity index (χ1) is 20.0. The molecule has 13 heteroatoms. The first-order valence-electron chi connectivity index (χ1n) is 12.7. The predicted octanol–water partition coefficient (Wildman–Crippen LogP) is 4.58. The number of amides is 1. The minimum Gasteiger partial charge on any atom is -0.383 e. The van der Waals surface area contributed by atoms with Crippen molar-refractivity contribution in [3.8, 4) is 23.3 Å². The summed E-state index contributed by atoms with van der Waals surface area (Å²) in [7, 11) is -3.95. The third-order valence-corrected chi connectivity index (χ3v) is 8.38. The summed E-state index contributed by atoms with van der Waals surface area (Å²) in [5.41, 5.74) is 10.1. The lowest BCUT2D eigenvalue weighted by molar-refractivity contribution is -0.113. The maximum atomic E-state index is 12.8. The van der Waals surface area contributed by atoms with E-state index < -0.39 is 15.9 Å². The van der Waals surface area contributed by atoms with Gasteiger partial charge in [0, 0.05) is 22.6 Å². The number of benzene rings is 2. The average Bonchev–Trinajstić information content (AvgIpc) is 2.95. The molecule has 11 nitrogen and oxygen atoms in total. The Morgan fingerprint density at radius 3 is 2.14 bits per heavy atom. The van der Waals surface area contributed by atoms with E-state index in [9.17, 15) is 23.7 Å². The number of carbonyl (C=O) groups is 1. The summed E-state index contributed by atoms with van der Waals surface area (Å²) < 4.78 is 27.9. The zero-order chi connectivity index (χ0) is 30.4. The van der Waals surface area contributed by atoms with Gasteiger partial charge in [-0.05, 0) is 61.7 Å². The van der Waals surface area contributed by atoms with E-state index in [1.54, 1.807) is 19.9 Å². The second kappa shape index (κ2) is 12.7. The van der Waals surface area contributed by atoms with Crippen LogP contribution in [0, 0.1) is 36.5 Å². The van der Waals surface area contributed by atoms with E-state index in [0.29, 0.717) is 28.2 Å². The number of nitrogen functional groups attached to an aromatic ring is 1. The van der Waals surface area contributed by atoms with Gasteiger partial charge >= 0.3 is 0 Å². The molecular weight excluding hydrogens is 573 g/mol. The number of nitrogens with one attached hydrogen (secondary N) is 2. The van der Waals surface area contributed by atoms with Crippen molar-refractivity contribution in [2.45, 2.75) is 37.1 Å². The van der Waals surface area contributed by atoms with Crippen LogP contribution in [0.3, 0.4) is 0 Å². The van der Waals surface area contributed by atoms with Crippen LogP contribution in [0.25, 0.3) is 11.1 Å². The molecule has 0 unspecified atom stereocenters. The van der Waals surface area contributed by atoms with Crippen molar-refractivity contribution >= 4 is 45.1 Å². The number of nitrogens with zero attached hydrogens (tertiary/aromatic N) is 5. The SMILES string of the molecule is CCc1ccc(-c2c(C#N)c(N)nc(SCC(=O)Nc3ccc(S(=O)(=O)Nc4nc(C)cc(C)n4)cc3)c2C#N)cc1. The third-order valence-electron chi connectivity index (χ3n) is 6.06. The molecule has 0 fully saturated rings. The number of aromatic nitrogens is 3. The van der Waals surface area contributed by atoms with Gasteiger partial charge in [0.25, 0.3) is 10.0 Å². The lowest BCUT2D eigenvalue weighted by atomic mass is 9.96. The van der Waals surface area contributed by atoms with Gasteiger partial charge in [0.2, 0.25) is 11.9 Å². The highest BCUT2D eigenvalue weighted by Crippen LogP contribution is 2.35. The normalized spacial score (nSPS) is 10.9. The molecule has 2 heterocycles. The van der Waals surface area contributed by atoms with Gasteiger partial charge in [-0.25, -0.2) is 28.1 Å². The molecule has 0 atom stereocenters. The second-order valence-corrected chi connectivity index (χ2v) is 11.8. The predicted molar refractivity (Wildman–Crippen MR) is 161 cm³/mol.